The molecule has 0 saturated carbocycles. The Morgan fingerprint density at radius 3 is 2.46 bits per heavy atom. The Labute approximate surface area is 154 Å². The normalized spacial score (nSPS) is 11.0. The number of hydrogen-bond acceptors (Lipinski definition) is 5. The van der Waals surface area contributed by atoms with Crippen LogP contribution in [-0.4, -0.2) is 37.2 Å². The maximum absolute atomic E-state index is 12.4. The van der Waals surface area contributed by atoms with E-state index in [9.17, 15) is 4.79 Å². The molecule has 26 heavy (non-hydrogen) atoms. The van der Waals surface area contributed by atoms with E-state index in [0.29, 0.717) is 35.8 Å². The van der Waals surface area contributed by atoms with E-state index in [2.05, 4.69) is 15.6 Å². The molecule has 1 amide bonds. The SMILES string of the molecule is COc1ccc(CCNC(=O)c2ccnc(NC(C)(C)C)c2)cc1OC. The summed E-state index contributed by atoms with van der Waals surface area (Å²) in [6.07, 6.45) is 2.33. The first-order valence-corrected chi connectivity index (χ1v) is 8.56. The van der Waals surface area contributed by atoms with Crippen LogP contribution in [0.4, 0.5) is 5.82 Å². The minimum Gasteiger partial charge on any atom is -0.493 e. The minimum absolute atomic E-state index is 0.116. The third-order valence-corrected chi connectivity index (χ3v) is 3.67. The molecule has 0 aliphatic rings. The summed E-state index contributed by atoms with van der Waals surface area (Å²) < 4.78 is 10.5. The summed E-state index contributed by atoms with van der Waals surface area (Å²) in [6, 6.07) is 9.22. The highest BCUT2D eigenvalue weighted by Crippen LogP contribution is 2.27. The Balaban J connectivity index is 1.94. The summed E-state index contributed by atoms with van der Waals surface area (Å²) >= 11 is 0. The average Bonchev–Trinajstić information content (AvgIpc) is 2.60. The van der Waals surface area contributed by atoms with E-state index in [-0.39, 0.29) is 11.4 Å². The van der Waals surface area contributed by atoms with E-state index >= 15 is 0 Å². The van der Waals surface area contributed by atoms with Crippen LogP contribution in [0.2, 0.25) is 0 Å². The lowest BCUT2D eigenvalue weighted by molar-refractivity contribution is 0.0954. The maximum Gasteiger partial charge on any atom is 0.251 e. The van der Waals surface area contributed by atoms with E-state index in [1.54, 1.807) is 32.5 Å². The predicted molar refractivity (Wildman–Crippen MR) is 103 cm³/mol. The van der Waals surface area contributed by atoms with Gasteiger partial charge in [-0.15, -0.1) is 0 Å². The number of hydrogen-bond donors (Lipinski definition) is 2. The quantitative estimate of drug-likeness (QED) is 0.796. The van der Waals surface area contributed by atoms with Crippen LogP contribution in [0.5, 0.6) is 11.5 Å². The van der Waals surface area contributed by atoms with Crippen molar-refractivity contribution in [1.29, 1.82) is 0 Å². The number of amides is 1. The highest BCUT2D eigenvalue weighted by Gasteiger charge is 2.12. The highest BCUT2D eigenvalue weighted by atomic mass is 16.5. The van der Waals surface area contributed by atoms with Crippen LogP contribution in [0, 0.1) is 0 Å². The van der Waals surface area contributed by atoms with Crippen molar-refractivity contribution in [3.63, 3.8) is 0 Å². The second-order valence-corrected chi connectivity index (χ2v) is 7.00. The van der Waals surface area contributed by atoms with Crippen LogP contribution in [0.15, 0.2) is 36.5 Å². The number of pyridine rings is 1. The van der Waals surface area contributed by atoms with Gasteiger partial charge in [-0.25, -0.2) is 4.98 Å². The Bertz CT molecular complexity index is 754. The molecule has 0 aliphatic carbocycles. The number of carbonyl (C=O) groups is 1. The van der Waals surface area contributed by atoms with E-state index in [1.165, 1.54) is 0 Å². The van der Waals surface area contributed by atoms with Crippen LogP contribution < -0.4 is 20.1 Å². The number of rotatable bonds is 7. The number of nitrogens with zero attached hydrogens (tertiary/aromatic N) is 1. The average molecular weight is 357 g/mol. The molecule has 6 nitrogen and oxygen atoms in total. The van der Waals surface area contributed by atoms with Crippen molar-refractivity contribution in [2.24, 2.45) is 0 Å². The molecule has 140 valence electrons. The number of anilines is 1. The largest absolute Gasteiger partial charge is 0.493 e. The van der Waals surface area contributed by atoms with Crippen LogP contribution >= 0.6 is 0 Å². The highest BCUT2D eigenvalue weighted by molar-refractivity contribution is 5.94. The van der Waals surface area contributed by atoms with Crippen LogP contribution in [-0.2, 0) is 6.42 Å². The van der Waals surface area contributed by atoms with Gasteiger partial charge < -0.3 is 20.1 Å². The zero-order valence-corrected chi connectivity index (χ0v) is 16.1. The van der Waals surface area contributed by atoms with Gasteiger partial charge in [-0.05, 0) is 57.0 Å². The molecule has 1 aromatic carbocycles. The molecule has 6 heteroatoms. The molecule has 0 radical (unpaired) electrons. The predicted octanol–water partition coefficient (Wildman–Crippen LogP) is 3.28. The van der Waals surface area contributed by atoms with Crippen LogP contribution in [0.25, 0.3) is 0 Å². The van der Waals surface area contributed by atoms with Gasteiger partial charge in [0.25, 0.3) is 5.91 Å². The topological polar surface area (TPSA) is 72.5 Å². The zero-order chi connectivity index (χ0) is 19.2. The number of nitrogens with one attached hydrogen (secondary N) is 2. The van der Waals surface area contributed by atoms with Crippen molar-refractivity contribution in [2.75, 3.05) is 26.1 Å². The van der Waals surface area contributed by atoms with E-state index in [4.69, 9.17) is 9.47 Å². The van der Waals surface area contributed by atoms with Gasteiger partial charge in [0.1, 0.15) is 5.82 Å². The van der Waals surface area contributed by atoms with E-state index in [1.807, 2.05) is 39.0 Å². The summed E-state index contributed by atoms with van der Waals surface area (Å²) in [7, 11) is 3.21. The molecule has 0 fully saturated rings. The summed E-state index contributed by atoms with van der Waals surface area (Å²) in [6.45, 7) is 6.67. The van der Waals surface area contributed by atoms with Gasteiger partial charge in [0.2, 0.25) is 0 Å². The molecule has 1 aromatic heterocycles. The fourth-order valence-corrected chi connectivity index (χ4v) is 2.48. The van der Waals surface area contributed by atoms with Crippen molar-refractivity contribution in [3.05, 3.63) is 47.7 Å². The molecule has 0 saturated heterocycles. The number of methoxy groups -OCH3 is 2. The fourth-order valence-electron chi connectivity index (χ4n) is 2.48. The molecule has 2 N–H and O–H groups in total. The molecular weight excluding hydrogens is 330 g/mol. The molecule has 1 heterocycles. The van der Waals surface area contributed by atoms with E-state index < -0.39 is 0 Å². The number of carbonyl (C=O) groups excluding carboxylic acids is 1. The molecule has 0 atom stereocenters. The van der Waals surface area contributed by atoms with Gasteiger partial charge in [-0.1, -0.05) is 6.07 Å². The Kier molecular flexibility index (Phi) is 6.44. The van der Waals surface area contributed by atoms with Gasteiger partial charge >= 0.3 is 0 Å². The van der Waals surface area contributed by atoms with Crippen molar-refractivity contribution < 1.29 is 14.3 Å². The van der Waals surface area contributed by atoms with Crippen molar-refractivity contribution >= 4 is 11.7 Å². The number of benzene rings is 1. The molecule has 0 unspecified atom stereocenters. The molecular formula is C20H27N3O3. The Morgan fingerprint density at radius 1 is 1.08 bits per heavy atom. The first-order valence-electron chi connectivity index (χ1n) is 8.56. The van der Waals surface area contributed by atoms with E-state index in [0.717, 1.165) is 5.56 Å². The standard InChI is InChI=1S/C20H27N3O3/c1-20(2,3)23-18-13-15(9-11-21-18)19(24)22-10-8-14-6-7-16(25-4)17(12-14)26-5/h6-7,9,11-13H,8,10H2,1-5H3,(H,21,23)(H,22,24). The second kappa shape index (κ2) is 8.56. The minimum atomic E-state index is -0.121. The smallest absolute Gasteiger partial charge is 0.251 e. The van der Waals surface area contributed by atoms with Gasteiger partial charge in [0, 0.05) is 23.8 Å². The van der Waals surface area contributed by atoms with Crippen molar-refractivity contribution in [3.8, 4) is 11.5 Å². The monoisotopic (exact) mass is 357 g/mol. The Hall–Kier alpha value is -2.76. The third-order valence-electron chi connectivity index (χ3n) is 3.67. The van der Waals surface area contributed by atoms with Crippen molar-refractivity contribution in [2.45, 2.75) is 32.7 Å². The molecule has 2 aromatic rings. The summed E-state index contributed by atoms with van der Waals surface area (Å²) in [4.78, 5) is 16.6. The van der Waals surface area contributed by atoms with Crippen LogP contribution in [0.3, 0.4) is 0 Å². The lowest BCUT2D eigenvalue weighted by Crippen LogP contribution is -2.28. The van der Waals surface area contributed by atoms with Gasteiger partial charge in [0.05, 0.1) is 14.2 Å². The second-order valence-electron chi connectivity index (χ2n) is 7.00. The third kappa shape index (κ3) is 5.65. The van der Waals surface area contributed by atoms with Crippen molar-refractivity contribution in [1.82, 2.24) is 10.3 Å². The van der Waals surface area contributed by atoms with Gasteiger partial charge in [0.15, 0.2) is 11.5 Å². The lowest BCUT2D eigenvalue weighted by Gasteiger charge is -2.21. The molecule has 0 aliphatic heterocycles. The summed E-state index contributed by atoms with van der Waals surface area (Å²) in [5.41, 5.74) is 1.53. The molecule has 0 spiro atoms. The number of aromatic nitrogens is 1. The van der Waals surface area contributed by atoms with Gasteiger partial charge in [-0.2, -0.15) is 0 Å². The van der Waals surface area contributed by atoms with Crippen LogP contribution in [0.1, 0.15) is 36.7 Å². The number of ether oxygens (including phenoxy) is 2. The fraction of sp³-hybridized carbons (Fsp3) is 0.400. The first-order chi connectivity index (χ1) is 12.3. The summed E-state index contributed by atoms with van der Waals surface area (Å²) in [5.74, 6) is 1.94. The summed E-state index contributed by atoms with van der Waals surface area (Å²) in [5, 5.41) is 6.20. The van der Waals surface area contributed by atoms with Gasteiger partial charge in [-0.3, -0.25) is 4.79 Å². The lowest BCUT2D eigenvalue weighted by atomic mass is 10.1. The first kappa shape index (κ1) is 19.6. The Morgan fingerprint density at radius 2 is 1.81 bits per heavy atom. The maximum atomic E-state index is 12.4. The molecule has 2 rings (SSSR count). The zero-order valence-electron chi connectivity index (χ0n) is 16.1. The molecule has 0 bridgehead atoms.